The Hall–Kier alpha value is -3.49. The molecule has 8 nitrogen and oxygen atoms in total. The van der Waals surface area contributed by atoms with E-state index in [2.05, 4.69) is 20.3 Å². The SMILES string of the molecule is Cc1ccc2cccc(Oc3ncnc(Nc4cccc(Cl)c4Cl)c3[N+](=O)[O-])c2n1. The number of aryl methyl sites for hydroxylation is 1. The first-order valence-corrected chi connectivity index (χ1v) is 9.44. The molecule has 0 saturated heterocycles. The van der Waals surface area contributed by atoms with Gasteiger partial charge in [0.15, 0.2) is 5.75 Å². The Kier molecular flexibility index (Phi) is 5.35. The van der Waals surface area contributed by atoms with Gasteiger partial charge in [0.1, 0.15) is 11.8 Å². The summed E-state index contributed by atoms with van der Waals surface area (Å²) in [5.74, 6) is 0.0229. The van der Waals surface area contributed by atoms with Crippen LogP contribution in [0.25, 0.3) is 10.9 Å². The van der Waals surface area contributed by atoms with Crippen molar-refractivity contribution in [2.45, 2.75) is 6.92 Å². The minimum absolute atomic E-state index is 0.0847. The number of nitrogens with one attached hydrogen (secondary N) is 1. The quantitative estimate of drug-likeness (QED) is 0.295. The summed E-state index contributed by atoms with van der Waals surface area (Å²) in [4.78, 5) is 23.6. The molecule has 0 bridgehead atoms. The van der Waals surface area contributed by atoms with E-state index in [0.29, 0.717) is 22.0 Å². The monoisotopic (exact) mass is 441 g/mol. The molecule has 2 aromatic carbocycles. The molecule has 0 aliphatic rings. The molecule has 4 rings (SSSR count). The van der Waals surface area contributed by atoms with Crippen molar-refractivity contribution in [2.75, 3.05) is 5.32 Å². The average Bonchev–Trinajstić information content (AvgIpc) is 2.72. The van der Waals surface area contributed by atoms with Gasteiger partial charge >= 0.3 is 11.6 Å². The molecule has 0 unspecified atom stereocenters. The standard InChI is InChI=1S/C20H13Cl2N5O3/c1-11-8-9-12-4-2-7-15(17(12)25-11)30-20-18(27(28)29)19(23-10-24-20)26-14-6-3-5-13(21)16(14)22/h2-10H,1H3,(H,23,24,26). The fourth-order valence-corrected chi connectivity index (χ4v) is 3.17. The Morgan fingerprint density at radius 1 is 1.07 bits per heavy atom. The van der Waals surface area contributed by atoms with Crippen LogP contribution in [-0.4, -0.2) is 19.9 Å². The van der Waals surface area contributed by atoms with E-state index >= 15 is 0 Å². The van der Waals surface area contributed by atoms with Crippen LogP contribution in [0, 0.1) is 17.0 Å². The number of pyridine rings is 1. The van der Waals surface area contributed by atoms with E-state index in [-0.39, 0.29) is 16.7 Å². The van der Waals surface area contributed by atoms with Crippen molar-refractivity contribution >= 4 is 51.3 Å². The number of aromatic nitrogens is 3. The van der Waals surface area contributed by atoms with E-state index < -0.39 is 10.6 Å². The molecule has 30 heavy (non-hydrogen) atoms. The zero-order chi connectivity index (χ0) is 21.3. The van der Waals surface area contributed by atoms with E-state index in [9.17, 15) is 10.1 Å². The van der Waals surface area contributed by atoms with Gasteiger partial charge in [-0.15, -0.1) is 0 Å². The Morgan fingerprint density at radius 3 is 2.67 bits per heavy atom. The van der Waals surface area contributed by atoms with Crippen LogP contribution in [0.2, 0.25) is 10.0 Å². The van der Waals surface area contributed by atoms with Crippen molar-refractivity contribution < 1.29 is 9.66 Å². The van der Waals surface area contributed by atoms with Gasteiger partial charge in [-0.25, -0.2) is 9.97 Å². The number of ether oxygens (including phenoxy) is 1. The van der Waals surface area contributed by atoms with Gasteiger partial charge in [0.25, 0.3) is 0 Å². The van der Waals surface area contributed by atoms with Crippen LogP contribution < -0.4 is 10.1 Å². The average molecular weight is 442 g/mol. The highest BCUT2D eigenvalue weighted by atomic mass is 35.5. The second-order valence-corrected chi connectivity index (χ2v) is 7.03. The third kappa shape index (κ3) is 3.83. The molecule has 0 amide bonds. The van der Waals surface area contributed by atoms with Crippen LogP contribution in [0.5, 0.6) is 11.6 Å². The lowest BCUT2D eigenvalue weighted by molar-refractivity contribution is -0.385. The molecule has 150 valence electrons. The van der Waals surface area contributed by atoms with Gasteiger partial charge in [-0.2, -0.15) is 4.98 Å². The van der Waals surface area contributed by atoms with E-state index in [1.54, 1.807) is 30.3 Å². The molecule has 0 radical (unpaired) electrons. The van der Waals surface area contributed by atoms with Crippen molar-refractivity contribution in [1.29, 1.82) is 0 Å². The molecule has 1 N–H and O–H groups in total. The second kappa shape index (κ2) is 8.10. The number of fused-ring (bicyclic) bond motifs is 1. The first kappa shape index (κ1) is 19.8. The predicted octanol–water partition coefficient (Wildman–Crippen LogP) is 6.08. The van der Waals surface area contributed by atoms with Gasteiger partial charge in [-0.3, -0.25) is 10.1 Å². The highest BCUT2D eigenvalue weighted by Crippen LogP contribution is 2.39. The smallest absolute Gasteiger partial charge is 0.373 e. The van der Waals surface area contributed by atoms with Gasteiger partial charge < -0.3 is 10.1 Å². The van der Waals surface area contributed by atoms with E-state index in [4.69, 9.17) is 27.9 Å². The van der Waals surface area contributed by atoms with Crippen LogP contribution in [-0.2, 0) is 0 Å². The first-order valence-electron chi connectivity index (χ1n) is 8.68. The lowest BCUT2D eigenvalue weighted by Crippen LogP contribution is -2.04. The fraction of sp³-hybridized carbons (Fsp3) is 0.0500. The van der Waals surface area contributed by atoms with Crippen LogP contribution in [0.15, 0.2) is 54.9 Å². The zero-order valence-corrected chi connectivity index (χ0v) is 17.0. The van der Waals surface area contributed by atoms with Crippen molar-refractivity contribution in [1.82, 2.24) is 15.0 Å². The van der Waals surface area contributed by atoms with E-state index in [0.717, 1.165) is 17.4 Å². The van der Waals surface area contributed by atoms with Crippen LogP contribution in [0.4, 0.5) is 17.2 Å². The number of nitrogens with zero attached hydrogens (tertiary/aromatic N) is 4. The molecule has 0 atom stereocenters. The van der Waals surface area contributed by atoms with Crippen molar-refractivity contribution in [3.8, 4) is 11.6 Å². The molecule has 0 fully saturated rings. The number of benzene rings is 2. The molecule has 2 aromatic heterocycles. The third-order valence-electron chi connectivity index (χ3n) is 4.21. The highest BCUT2D eigenvalue weighted by molar-refractivity contribution is 6.43. The molecular formula is C20H13Cl2N5O3. The highest BCUT2D eigenvalue weighted by Gasteiger charge is 2.26. The van der Waals surface area contributed by atoms with Crippen LogP contribution in [0.3, 0.4) is 0 Å². The lowest BCUT2D eigenvalue weighted by Gasteiger charge is -2.12. The molecule has 0 aliphatic heterocycles. The van der Waals surface area contributed by atoms with Gasteiger partial charge in [0, 0.05) is 11.1 Å². The maximum Gasteiger partial charge on any atom is 0.373 e. The Labute approximate surface area is 180 Å². The predicted molar refractivity (Wildman–Crippen MR) is 115 cm³/mol. The number of hydrogen-bond donors (Lipinski definition) is 1. The van der Waals surface area contributed by atoms with Gasteiger partial charge in [0.05, 0.1) is 20.7 Å². The van der Waals surface area contributed by atoms with Gasteiger partial charge in [0.2, 0.25) is 5.82 Å². The van der Waals surface area contributed by atoms with Crippen LogP contribution in [0.1, 0.15) is 5.69 Å². The number of para-hydroxylation sites is 1. The summed E-state index contributed by atoms with van der Waals surface area (Å²) in [6.45, 7) is 1.85. The maximum absolute atomic E-state index is 11.8. The van der Waals surface area contributed by atoms with Crippen molar-refractivity contribution in [2.24, 2.45) is 0 Å². The molecule has 0 saturated carbocycles. The third-order valence-corrected chi connectivity index (χ3v) is 5.02. The zero-order valence-electron chi connectivity index (χ0n) is 15.5. The summed E-state index contributed by atoms with van der Waals surface area (Å²) in [7, 11) is 0. The summed E-state index contributed by atoms with van der Waals surface area (Å²) < 4.78 is 5.82. The summed E-state index contributed by atoms with van der Waals surface area (Å²) >= 11 is 12.2. The normalized spacial score (nSPS) is 10.8. The maximum atomic E-state index is 11.8. The van der Waals surface area contributed by atoms with Crippen LogP contribution >= 0.6 is 23.2 Å². The molecular weight excluding hydrogens is 429 g/mol. The number of rotatable bonds is 5. The Bertz CT molecular complexity index is 1280. The molecule has 0 aliphatic carbocycles. The minimum Gasteiger partial charge on any atom is -0.431 e. The lowest BCUT2D eigenvalue weighted by atomic mass is 10.2. The summed E-state index contributed by atoms with van der Waals surface area (Å²) in [5, 5.41) is 16.0. The minimum atomic E-state index is -0.625. The topological polar surface area (TPSA) is 103 Å². The second-order valence-electron chi connectivity index (χ2n) is 6.24. The number of nitro groups is 1. The molecule has 0 spiro atoms. The number of hydrogen-bond acceptors (Lipinski definition) is 7. The van der Waals surface area contributed by atoms with E-state index in [1.807, 2.05) is 25.1 Å². The largest absolute Gasteiger partial charge is 0.431 e. The summed E-state index contributed by atoms with van der Waals surface area (Å²) in [6.07, 6.45) is 1.16. The Morgan fingerprint density at radius 2 is 1.87 bits per heavy atom. The van der Waals surface area contributed by atoms with Crippen molar-refractivity contribution in [3.05, 3.63) is 80.7 Å². The fourth-order valence-electron chi connectivity index (χ4n) is 2.83. The van der Waals surface area contributed by atoms with E-state index in [1.165, 1.54) is 0 Å². The first-order chi connectivity index (χ1) is 14.4. The number of anilines is 2. The number of halogens is 2. The summed E-state index contributed by atoms with van der Waals surface area (Å²) in [6, 6.07) is 14.0. The van der Waals surface area contributed by atoms with Crippen molar-refractivity contribution in [3.63, 3.8) is 0 Å². The molecule has 4 aromatic rings. The Balaban J connectivity index is 1.78. The van der Waals surface area contributed by atoms with Gasteiger partial charge in [-0.1, -0.05) is 47.5 Å². The van der Waals surface area contributed by atoms with Gasteiger partial charge in [-0.05, 0) is 31.2 Å². The molecule has 10 heteroatoms. The molecule has 2 heterocycles. The summed E-state index contributed by atoms with van der Waals surface area (Å²) in [5.41, 5.74) is 1.27.